The molecule has 0 spiro atoms. The lowest BCUT2D eigenvalue weighted by molar-refractivity contribution is 0.195. The van der Waals surface area contributed by atoms with E-state index in [0.717, 1.165) is 20.8 Å². The Balaban J connectivity index is 1.71. The highest BCUT2D eigenvalue weighted by molar-refractivity contribution is 9.10. The van der Waals surface area contributed by atoms with Crippen molar-refractivity contribution in [2.24, 2.45) is 0 Å². The van der Waals surface area contributed by atoms with Gasteiger partial charge >= 0.3 is 0 Å². The van der Waals surface area contributed by atoms with Gasteiger partial charge in [-0.1, -0.05) is 34.1 Å². The maximum Gasteiger partial charge on any atom is 0.151 e. The molecule has 0 saturated carbocycles. The average molecular weight is 466 g/mol. The molecule has 1 aliphatic rings. The maximum absolute atomic E-state index is 12.0. The molecular weight excluding hydrogens is 446 g/mol. The van der Waals surface area contributed by atoms with Gasteiger partial charge < -0.3 is 5.11 Å². The molecule has 0 bridgehead atoms. The van der Waals surface area contributed by atoms with Gasteiger partial charge in [0.15, 0.2) is 9.84 Å². The summed E-state index contributed by atoms with van der Waals surface area (Å²) in [5.41, 5.74) is 0.848. The van der Waals surface area contributed by atoms with Crippen molar-refractivity contribution in [3.63, 3.8) is 0 Å². The Hall–Kier alpha value is -1.41. The highest BCUT2D eigenvalue weighted by Gasteiger charge is 2.33. The van der Waals surface area contributed by atoms with E-state index in [-0.39, 0.29) is 23.3 Å². The second-order valence-corrected chi connectivity index (χ2v) is 11.1. The van der Waals surface area contributed by atoms with Gasteiger partial charge in [-0.2, -0.15) is 0 Å². The van der Waals surface area contributed by atoms with Crippen LogP contribution in [0.2, 0.25) is 0 Å². The van der Waals surface area contributed by atoms with Crippen LogP contribution in [0.25, 0.3) is 10.8 Å². The summed E-state index contributed by atoms with van der Waals surface area (Å²) in [6.07, 6.45) is 0.644. The zero-order valence-corrected chi connectivity index (χ0v) is 17.9. The van der Waals surface area contributed by atoms with Crippen molar-refractivity contribution in [3.05, 3.63) is 62.8 Å². The number of fused-ring (bicyclic) bond motifs is 1. The first-order chi connectivity index (χ1) is 12.9. The number of phenols is 1. The first-order valence-electron chi connectivity index (χ1n) is 8.78. The van der Waals surface area contributed by atoms with Crippen molar-refractivity contribution < 1.29 is 13.5 Å². The lowest BCUT2D eigenvalue weighted by Gasteiger charge is -2.28. The molecule has 27 heavy (non-hydrogen) atoms. The predicted octanol–water partition coefficient (Wildman–Crippen LogP) is 4.56. The average Bonchev–Trinajstić information content (AvgIpc) is 3.25. The summed E-state index contributed by atoms with van der Waals surface area (Å²) in [6, 6.07) is 13.7. The van der Waals surface area contributed by atoms with Gasteiger partial charge in [-0.05, 0) is 46.8 Å². The van der Waals surface area contributed by atoms with Crippen LogP contribution < -0.4 is 0 Å². The number of rotatable bonds is 5. The smallest absolute Gasteiger partial charge is 0.151 e. The van der Waals surface area contributed by atoms with E-state index in [0.29, 0.717) is 19.5 Å². The van der Waals surface area contributed by atoms with Crippen LogP contribution in [0.4, 0.5) is 0 Å². The van der Waals surface area contributed by atoms with E-state index in [9.17, 15) is 13.5 Å². The second kappa shape index (κ2) is 7.54. The second-order valence-electron chi connectivity index (χ2n) is 6.97. The summed E-state index contributed by atoms with van der Waals surface area (Å²) < 4.78 is 25.1. The summed E-state index contributed by atoms with van der Waals surface area (Å²) >= 11 is 5.16. The largest absolute Gasteiger partial charge is 0.508 e. The number of hydrogen-bond donors (Lipinski definition) is 1. The molecule has 1 saturated heterocycles. The molecule has 0 radical (unpaired) electrons. The molecule has 0 amide bonds. The van der Waals surface area contributed by atoms with Crippen LogP contribution in [0.5, 0.6) is 5.75 Å². The number of benzene rings is 2. The number of sulfone groups is 1. The van der Waals surface area contributed by atoms with E-state index in [4.69, 9.17) is 0 Å². The van der Waals surface area contributed by atoms with E-state index < -0.39 is 9.84 Å². The third-order valence-electron chi connectivity index (χ3n) is 5.09. The minimum Gasteiger partial charge on any atom is -0.508 e. The van der Waals surface area contributed by atoms with Crippen molar-refractivity contribution >= 4 is 47.9 Å². The number of aromatic hydroxyl groups is 1. The predicted molar refractivity (Wildman–Crippen MR) is 114 cm³/mol. The number of halogens is 1. The normalized spacial score (nSPS) is 19.1. The molecule has 1 atom stereocenters. The molecule has 1 aromatic heterocycles. The molecule has 2 aromatic carbocycles. The van der Waals surface area contributed by atoms with Crippen molar-refractivity contribution in [2.75, 3.05) is 11.5 Å². The Morgan fingerprint density at radius 3 is 2.74 bits per heavy atom. The van der Waals surface area contributed by atoms with E-state index >= 15 is 0 Å². The zero-order valence-electron chi connectivity index (χ0n) is 14.6. The Morgan fingerprint density at radius 2 is 2.04 bits per heavy atom. The van der Waals surface area contributed by atoms with Crippen LogP contribution >= 0.6 is 27.3 Å². The quantitative estimate of drug-likeness (QED) is 0.599. The highest BCUT2D eigenvalue weighted by Crippen LogP contribution is 2.32. The summed E-state index contributed by atoms with van der Waals surface area (Å²) in [4.78, 5) is 3.40. The third-order valence-corrected chi connectivity index (χ3v) is 8.20. The summed E-state index contributed by atoms with van der Waals surface area (Å²) in [7, 11) is -2.98. The van der Waals surface area contributed by atoms with Crippen LogP contribution in [-0.2, 0) is 22.9 Å². The van der Waals surface area contributed by atoms with Crippen molar-refractivity contribution in [1.29, 1.82) is 0 Å². The van der Waals surface area contributed by atoms with Crippen LogP contribution in [0.3, 0.4) is 0 Å². The lowest BCUT2D eigenvalue weighted by atomic mass is 10.0. The Bertz CT molecular complexity index is 1060. The zero-order chi connectivity index (χ0) is 19.0. The van der Waals surface area contributed by atoms with Gasteiger partial charge in [-0.15, -0.1) is 11.3 Å². The van der Waals surface area contributed by atoms with Gasteiger partial charge in [0.05, 0.1) is 11.5 Å². The van der Waals surface area contributed by atoms with Crippen molar-refractivity contribution in [1.82, 2.24) is 4.90 Å². The first kappa shape index (κ1) is 18.9. The van der Waals surface area contributed by atoms with Gasteiger partial charge in [0.1, 0.15) is 5.75 Å². The minimum absolute atomic E-state index is 0.0257. The fourth-order valence-corrected chi connectivity index (χ4v) is 6.57. The Kier molecular flexibility index (Phi) is 5.29. The van der Waals surface area contributed by atoms with E-state index in [1.165, 1.54) is 4.88 Å². The first-order valence-corrected chi connectivity index (χ1v) is 12.3. The van der Waals surface area contributed by atoms with Crippen LogP contribution in [0.1, 0.15) is 16.9 Å². The molecule has 1 fully saturated rings. The van der Waals surface area contributed by atoms with E-state index in [1.54, 1.807) is 17.4 Å². The molecule has 1 aliphatic heterocycles. The monoisotopic (exact) mass is 465 g/mol. The molecule has 7 heteroatoms. The molecule has 2 heterocycles. The number of phenolic OH excluding ortho intramolecular Hbond substituents is 1. The number of hydrogen-bond acceptors (Lipinski definition) is 5. The maximum atomic E-state index is 12.0. The standard InChI is InChI=1S/C20H20BrNO3S2/c21-15-4-5-18-14(10-15)3-6-20(23)19(18)12-22(11-17-2-1-8-26-17)16-7-9-27(24,25)13-16/h1-6,8,10,16,23H,7,9,11-13H2/t16-/m0/s1. The van der Waals surface area contributed by atoms with Gasteiger partial charge in [-0.3, -0.25) is 4.90 Å². The van der Waals surface area contributed by atoms with Crippen LogP contribution in [-0.4, -0.2) is 36.0 Å². The van der Waals surface area contributed by atoms with Crippen LogP contribution in [0.15, 0.2) is 52.3 Å². The molecule has 142 valence electrons. The summed E-state index contributed by atoms with van der Waals surface area (Å²) in [5, 5.41) is 14.6. The molecule has 0 aliphatic carbocycles. The Morgan fingerprint density at radius 1 is 1.19 bits per heavy atom. The van der Waals surface area contributed by atoms with E-state index in [2.05, 4.69) is 26.9 Å². The summed E-state index contributed by atoms with van der Waals surface area (Å²) in [5.74, 6) is 0.685. The number of thiophene rings is 1. The SMILES string of the molecule is O=S1(=O)CC[C@H](N(Cc2cccs2)Cc2c(O)ccc3cc(Br)ccc23)C1. The molecule has 4 nitrogen and oxygen atoms in total. The van der Waals surface area contributed by atoms with Crippen molar-refractivity contribution in [3.8, 4) is 5.75 Å². The molecule has 1 N–H and O–H groups in total. The summed E-state index contributed by atoms with van der Waals surface area (Å²) in [6.45, 7) is 1.20. The van der Waals surface area contributed by atoms with Crippen LogP contribution in [0, 0.1) is 0 Å². The van der Waals surface area contributed by atoms with E-state index in [1.807, 2.05) is 35.7 Å². The molecule has 0 unspecified atom stereocenters. The highest BCUT2D eigenvalue weighted by atomic mass is 79.9. The van der Waals surface area contributed by atoms with Crippen molar-refractivity contribution in [2.45, 2.75) is 25.6 Å². The fourth-order valence-electron chi connectivity index (χ4n) is 3.70. The van der Waals surface area contributed by atoms with Gasteiger partial charge in [-0.25, -0.2) is 8.42 Å². The van der Waals surface area contributed by atoms with Gasteiger partial charge in [0.25, 0.3) is 0 Å². The molecule has 4 rings (SSSR count). The topological polar surface area (TPSA) is 57.6 Å². The molecule has 3 aromatic rings. The van der Waals surface area contributed by atoms with Gasteiger partial charge in [0.2, 0.25) is 0 Å². The third kappa shape index (κ3) is 4.21. The lowest BCUT2D eigenvalue weighted by Crippen LogP contribution is -2.35. The minimum atomic E-state index is -2.98. The number of nitrogens with zero attached hydrogens (tertiary/aromatic N) is 1. The molecular formula is C20H20BrNO3S2. The van der Waals surface area contributed by atoms with Gasteiger partial charge in [0, 0.05) is 34.0 Å². The Labute approximate surface area is 171 Å². The fraction of sp³-hybridized carbons (Fsp3) is 0.300.